The zero-order chi connectivity index (χ0) is 20.9. The summed E-state index contributed by atoms with van der Waals surface area (Å²) in [6.45, 7) is 1.86. The van der Waals surface area contributed by atoms with Crippen LogP contribution in [0, 0.1) is 6.92 Å². The van der Waals surface area contributed by atoms with Crippen molar-refractivity contribution < 1.29 is 17.4 Å². The highest BCUT2D eigenvalue weighted by Gasteiger charge is 2.17. The van der Waals surface area contributed by atoms with E-state index in [2.05, 4.69) is 10.5 Å². The number of benzene rings is 3. The molecule has 0 atom stereocenters. The largest absolute Gasteiger partial charge is 0.378 e. The topological polar surface area (TPSA) is 84.8 Å². The lowest BCUT2D eigenvalue weighted by Crippen LogP contribution is -2.17. The van der Waals surface area contributed by atoms with Crippen molar-refractivity contribution in [3.05, 3.63) is 94.5 Å². The summed E-state index contributed by atoms with van der Waals surface area (Å²) in [4.78, 5) is 12.1. The molecular formula is C21H17ClN2O4S. The third-order valence-electron chi connectivity index (χ3n) is 3.88. The predicted molar refractivity (Wildman–Crippen MR) is 112 cm³/mol. The molecule has 148 valence electrons. The van der Waals surface area contributed by atoms with Gasteiger partial charge in [-0.25, -0.2) is 5.43 Å². The van der Waals surface area contributed by atoms with Crippen molar-refractivity contribution in [3.63, 3.8) is 0 Å². The average molecular weight is 429 g/mol. The molecule has 0 fully saturated rings. The van der Waals surface area contributed by atoms with Crippen molar-refractivity contribution in [1.29, 1.82) is 0 Å². The number of amides is 1. The zero-order valence-corrected chi connectivity index (χ0v) is 16.9. The number of hydrogen-bond donors (Lipinski definition) is 1. The number of carbonyl (C=O) groups is 1. The van der Waals surface area contributed by atoms with Crippen LogP contribution >= 0.6 is 11.6 Å². The summed E-state index contributed by atoms with van der Waals surface area (Å²) in [5, 5.41) is 4.31. The molecule has 0 aliphatic rings. The third kappa shape index (κ3) is 5.43. The third-order valence-corrected chi connectivity index (χ3v) is 5.37. The van der Waals surface area contributed by atoms with Gasteiger partial charge in [0.15, 0.2) is 5.75 Å². The molecule has 0 aliphatic carbocycles. The van der Waals surface area contributed by atoms with Crippen molar-refractivity contribution >= 4 is 33.8 Å². The Bertz CT molecular complexity index is 1160. The molecule has 8 heteroatoms. The number of rotatable bonds is 6. The van der Waals surface area contributed by atoms with Crippen molar-refractivity contribution in [2.24, 2.45) is 5.10 Å². The highest BCUT2D eigenvalue weighted by Crippen LogP contribution is 2.22. The lowest BCUT2D eigenvalue weighted by atomic mass is 10.2. The molecule has 0 aromatic heterocycles. The van der Waals surface area contributed by atoms with E-state index >= 15 is 0 Å². The average Bonchev–Trinajstić information content (AvgIpc) is 2.69. The molecule has 29 heavy (non-hydrogen) atoms. The Morgan fingerprint density at radius 2 is 1.76 bits per heavy atom. The maximum absolute atomic E-state index is 12.5. The fourth-order valence-corrected chi connectivity index (χ4v) is 3.53. The Morgan fingerprint density at radius 3 is 2.48 bits per heavy atom. The summed E-state index contributed by atoms with van der Waals surface area (Å²) in [5.41, 5.74) is 4.04. The fraction of sp³-hybridized carbons (Fsp3) is 0.0476. The van der Waals surface area contributed by atoms with Crippen LogP contribution in [0.4, 0.5) is 0 Å². The van der Waals surface area contributed by atoms with Crippen LogP contribution in [-0.4, -0.2) is 20.5 Å². The SMILES string of the molecule is Cc1ccc(S(=O)(=O)Oc2ccccc2C=NNC(=O)c2cccc(Cl)c2)cc1. The minimum atomic E-state index is -4.01. The number of carbonyl (C=O) groups excluding carboxylic acids is 1. The summed E-state index contributed by atoms with van der Waals surface area (Å²) in [6.07, 6.45) is 1.31. The molecule has 6 nitrogen and oxygen atoms in total. The lowest BCUT2D eigenvalue weighted by Gasteiger charge is -2.09. The molecule has 3 aromatic rings. The van der Waals surface area contributed by atoms with E-state index < -0.39 is 16.0 Å². The zero-order valence-electron chi connectivity index (χ0n) is 15.4. The standard InChI is InChI=1S/C21H17ClN2O4S/c1-15-9-11-19(12-10-15)29(26,27)28-20-8-3-2-5-17(20)14-23-24-21(25)16-6-4-7-18(22)13-16/h2-14H,1H3,(H,24,25). The second-order valence-electron chi connectivity index (χ2n) is 6.10. The van der Waals surface area contributed by atoms with E-state index in [1.807, 2.05) is 6.92 Å². The quantitative estimate of drug-likeness (QED) is 0.362. The second kappa shape index (κ2) is 8.89. The molecule has 0 saturated carbocycles. The Labute approximate surface area is 173 Å². The maximum Gasteiger partial charge on any atom is 0.339 e. The van der Waals surface area contributed by atoms with Crippen LogP contribution < -0.4 is 9.61 Å². The smallest absolute Gasteiger partial charge is 0.339 e. The van der Waals surface area contributed by atoms with Gasteiger partial charge in [0.05, 0.1) is 6.21 Å². The van der Waals surface area contributed by atoms with Crippen molar-refractivity contribution in [1.82, 2.24) is 5.43 Å². The predicted octanol–water partition coefficient (Wildman–Crippen LogP) is 4.18. The van der Waals surface area contributed by atoms with Crippen molar-refractivity contribution in [2.75, 3.05) is 0 Å². The molecule has 3 rings (SSSR count). The first-order valence-electron chi connectivity index (χ1n) is 8.54. The number of nitrogens with one attached hydrogen (secondary N) is 1. The van der Waals surface area contributed by atoms with E-state index in [0.29, 0.717) is 16.1 Å². The summed E-state index contributed by atoms with van der Waals surface area (Å²) in [6, 6.07) is 19.2. The van der Waals surface area contributed by atoms with Gasteiger partial charge in [-0.3, -0.25) is 4.79 Å². The first-order chi connectivity index (χ1) is 13.8. The van der Waals surface area contributed by atoms with Gasteiger partial charge in [0.2, 0.25) is 0 Å². The minimum absolute atomic E-state index is 0.0455. The number of aryl methyl sites for hydroxylation is 1. The van der Waals surface area contributed by atoms with Crippen LogP contribution in [0.5, 0.6) is 5.75 Å². The van der Waals surface area contributed by atoms with Crippen LogP contribution in [0.1, 0.15) is 21.5 Å². The molecule has 0 heterocycles. The van der Waals surface area contributed by atoms with Crippen LogP contribution in [0.25, 0.3) is 0 Å². The number of nitrogens with zero attached hydrogens (tertiary/aromatic N) is 1. The molecular weight excluding hydrogens is 412 g/mol. The van der Waals surface area contributed by atoms with Gasteiger partial charge in [0, 0.05) is 16.1 Å². The molecule has 1 amide bonds. The molecule has 0 unspecified atom stereocenters. The van der Waals surface area contributed by atoms with Crippen LogP contribution in [0.2, 0.25) is 5.02 Å². The van der Waals surface area contributed by atoms with Gasteiger partial charge >= 0.3 is 10.1 Å². The monoisotopic (exact) mass is 428 g/mol. The number of hydrazone groups is 1. The number of para-hydroxylation sites is 1. The normalized spacial score (nSPS) is 11.4. The molecule has 1 N–H and O–H groups in total. The van der Waals surface area contributed by atoms with Gasteiger partial charge in [0.25, 0.3) is 5.91 Å². The van der Waals surface area contributed by atoms with Crippen LogP contribution in [0.15, 0.2) is 82.8 Å². The Balaban J connectivity index is 1.76. The highest BCUT2D eigenvalue weighted by atomic mass is 35.5. The summed E-state index contributed by atoms with van der Waals surface area (Å²) in [7, 11) is -4.01. The van der Waals surface area contributed by atoms with E-state index in [4.69, 9.17) is 15.8 Å². The van der Waals surface area contributed by atoms with Gasteiger partial charge < -0.3 is 4.18 Å². The second-order valence-corrected chi connectivity index (χ2v) is 8.08. The van der Waals surface area contributed by atoms with E-state index in [-0.39, 0.29) is 10.6 Å². The molecule has 0 radical (unpaired) electrons. The summed E-state index contributed by atoms with van der Waals surface area (Å²) < 4.78 is 30.3. The minimum Gasteiger partial charge on any atom is -0.378 e. The van der Waals surface area contributed by atoms with Crippen molar-refractivity contribution in [3.8, 4) is 5.75 Å². The fourth-order valence-electron chi connectivity index (χ4n) is 2.39. The molecule has 3 aromatic carbocycles. The number of hydrogen-bond acceptors (Lipinski definition) is 5. The van der Waals surface area contributed by atoms with Gasteiger partial charge in [-0.15, -0.1) is 0 Å². The summed E-state index contributed by atoms with van der Waals surface area (Å²) in [5.74, 6) is -0.358. The van der Waals surface area contributed by atoms with E-state index in [1.54, 1.807) is 48.5 Å². The van der Waals surface area contributed by atoms with Gasteiger partial charge in [-0.05, 0) is 49.4 Å². The van der Waals surface area contributed by atoms with Gasteiger partial charge in [-0.2, -0.15) is 13.5 Å². The first kappa shape index (κ1) is 20.6. The van der Waals surface area contributed by atoms with E-state index in [0.717, 1.165) is 5.56 Å². The van der Waals surface area contributed by atoms with Crippen molar-refractivity contribution in [2.45, 2.75) is 11.8 Å². The number of halogens is 1. The van der Waals surface area contributed by atoms with E-state index in [1.165, 1.54) is 30.5 Å². The maximum atomic E-state index is 12.5. The highest BCUT2D eigenvalue weighted by molar-refractivity contribution is 7.87. The van der Waals surface area contributed by atoms with Crippen LogP contribution in [-0.2, 0) is 10.1 Å². The van der Waals surface area contributed by atoms with Crippen LogP contribution in [0.3, 0.4) is 0 Å². The first-order valence-corrected chi connectivity index (χ1v) is 10.3. The Kier molecular flexibility index (Phi) is 6.31. The van der Waals surface area contributed by atoms with E-state index in [9.17, 15) is 13.2 Å². The lowest BCUT2D eigenvalue weighted by molar-refractivity contribution is 0.0955. The molecule has 0 saturated heterocycles. The molecule has 0 aliphatic heterocycles. The summed E-state index contributed by atoms with van der Waals surface area (Å²) >= 11 is 5.87. The Hall–Kier alpha value is -3.16. The molecule has 0 spiro atoms. The van der Waals surface area contributed by atoms with Gasteiger partial charge in [-0.1, -0.05) is 47.5 Å². The Morgan fingerprint density at radius 1 is 1.03 bits per heavy atom. The molecule has 0 bridgehead atoms. The van der Waals surface area contributed by atoms with Gasteiger partial charge in [0.1, 0.15) is 4.90 Å².